The summed E-state index contributed by atoms with van der Waals surface area (Å²) in [5, 5.41) is 0. The maximum atomic E-state index is 12.4. The van der Waals surface area contributed by atoms with Crippen LogP contribution in [-0.2, 0) is 0 Å². The fraction of sp³-hybridized carbons (Fsp3) is 0.800. The maximum Gasteiger partial charge on any atom is 1.00 e. The minimum absolute atomic E-state index is 0. The van der Waals surface area contributed by atoms with Crippen molar-refractivity contribution in [2.75, 3.05) is 40.3 Å². The first kappa shape index (κ1) is 20.5. The predicted octanol–water partition coefficient (Wildman–Crippen LogP) is -0.793. The first-order valence-electron chi connectivity index (χ1n) is 5.52. The molecule has 0 aliphatic rings. The van der Waals surface area contributed by atoms with E-state index in [0.717, 1.165) is 13.0 Å². The average Bonchev–Trinajstić information content (AvgIpc) is 2.12. The first-order chi connectivity index (χ1) is 7.27. The van der Waals surface area contributed by atoms with E-state index in [0.29, 0.717) is 13.1 Å². The van der Waals surface area contributed by atoms with Crippen LogP contribution >= 0.6 is 0 Å². The van der Waals surface area contributed by atoms with Gasteiger partial charge in [-0.2, -0.15) is 0 Å². The van der Waals surface area contributed by atoms with Crippen molar-refractivity contribution in [1.82, 2.24) is 9.80 Å². The molecule has 0 saturated heterocycles. The van der Waals surface area contributed by atoms with Gasteiger partial charge in [-0.25, -0.2) is 0 Å². The molecule has 0 atom stereocenters. The molecule has 0 radical (unpaired) electrons. The van der Waals surface area contributed by atoms with Crippen LogP contribution in [0.1, 0.15) is 13.3 Å². The summed E-state index contributed by atoms with van der Waals surface area (Å²) < 4.78 is 37.1. The second-order valence-electron chi connectivity index (χ2n) is 4.31. The van der Waals surface area contributed by atoms with Crippen molar-refractivity contribution in [1.29, 1.82) is 0 Å². The van der Waals surface area contributed by atoms with Crippen molar-refractivity contribution in [2.24, 2.45) is 0 Å². The predicted molar refractivity (Wildman–Crippen MR) is 63.5 cm³/mol. The largest absolute Gasteiger partial charge is 1.00 e. The summed E-state index contributed by atoms with van der Waals surface area (Å²) >= 11 is 0. The Bertz CT molecular complexity index is 222. The fourth-order valence-electron chi connectivity index (χ4n) is 1.32. The van der Waals surface area contributed by atoms with Crippen LogP contribution in [0.2, 0.25) is 0 Å². The number of nitrogens with zero attached hydrogens (tertiary/aromatic N) is 2. The summed E-state index contributed by atoms with van der Waals surface area (Å²) in [5.41, 5.74) is -0.604. The van der Waals surface area contributed by atoms with E-state index in [1.165, 1.54) is 0 Å². The third-order valence-electron chi connectivity index (χ3n) is 2.29. The van der Waals surface area contributed by atoms with Crippen molar-refractivity contribution in [3.05, 3.63) is 12.1 Å². The molecule has 0 N–H and O–H groups in total. The molecular weight excluding hydrogens is 255 g/mol. The van der Waals surface area contributed by atoms with Crippen molar-refractivity contribution in [3.63, 3.8) is 0 Å². The number of halogens is 3. The van der Waals surface area contributed by atoms with Gasteiger partial charge in [-0.3, -0.25) is 0 Å². The van der Waals surface area contributed by atoms with Crippen LogP contribution in [0.5, 0.6) is 0 Å². The number of rotatable bonds is 8. The number of hydrogen-bond acceptors (Lipinski definition) is 2. The van der Waals surface area contributed by atoms with E-state index in [4.69, 9.17) is 0 Å². The van der Waals surface area contributed by atoms with Gasteiger partial charge < -0.3 is 22.7 Å². The zero-order valence-corrected chi connectivity index (χ0v) is 14.5. The molecule has 96 valence electrons. The normalized spacial score (nSPS) is 11.8. The van der Waals surface area contributed by atoms with Crippen molar-refractivity contribution in [3.8, 4) is 0 Å². The molecule has 0 saturated carbocycles. The van der Waals surface area contributed by atoms with Gasteiger partial charge in [-0.1, -0.05) is 6.92 Å². The Kier molecular flexibility index (Phi) is 12.0. The van der Waals surface area contributed by atoms with Crippen LogP contribution in [0.25, 0.3) is 0 Å². The van der Waals surface area contributed by atoms with Crippen LogP contribution in [0.3, 0.4) is 0 Å². The van der Waals surface area contributed by atoms with E-state index < -0.39 is 12.4 Å². The van der Waals surface area contributed by atoms with Crippen LogP contribution in [0, 0.1) is 0 Å². The molecule has 0 aliphatic carbocycles. The molecule has 2 nitrogen and oxygen atoms in total. The molecule has 0 fully saturated rings. The van der Waals surface area contributed by atoms with Crippen LogP contribution < -0.4 is 51.4 Å². The zero-order chi connectivity index (χ0) is 12.8. The molecule has 0 heterocycles. The van der Waals surface area contributed by atoms with Gasteiger partial charge >= 0.3 is 58.4 Å². The summed E-state index contributed by atoms with van der Waals surface area (Å²) in [5.74, 6) is 0. The smallest absolute Gasteiger partial charge is 0.445 e. The third-order valence-corrected chi connectivity index (χ3v) is 2.29. The fourth-order valence-corrected chi connectivity index (χ4v) is 1.32. The van der Waals surface area contributed by atoms with Crippen LogP contribution in [-0.4, -0.2) is 57.1 Å². The summed E-state index contributed by atoms with van der Waals surface area (Å²) in [6.45, 7) is 2.21. The topological polar surface area (TPSA) is 6.48 Å². The molecule has 0 unspecified atom stereocenters. The molecule has 0 bridgehead atoms. The van der Waals surface area contributed by atoms with Gasteiger partial charge in [0, 0.05) is 13.1 Å². The number of hydrogen-bond donors (Lipinski definition) is 0. The minimum atomic E-state index is -4.90. The summed E-state index contributed by atoms with van der Waals surface area (Å²) in [4.78, 5) is 3.77. The summed E-state index contributed by atoms with van der Waals surface area (Å²) in [6, 6.07) is 0. The Hall–Kier alpha value is 1.15. The van der Waals surface area contributed by atoms with Crippen molar-refractivity contribution < 1.29 is 64.3 Å². The Morgan fingerprint density at radius 1 is 1.12 bits per heavy atom. The molecule has 0 spiro atoms. The molecule has 0 aromatic heterocycles. The van der Waals surface area contributed by atoms with E-state index in [9.17, 15) is 12.9 Å². The van der Waals surface area contributed by atoms with E-state index in [1.54, 1.807) is 4.90 Å². The second kappa shape index (κ2) is 10.0. The molecule has 0 rings (SSSR count). The van der Waals surface area contributed by atoms with Crippen molar-refractivity contribution >= 4 is 6.98 Å². The minimum Gasteiger partial charge on any atom is -0.445 e. The standard InChI is InChI=1S/C10H21BF3N2.K/c1-5-6-16(8-7-15(3)4)9-10(2)11(12,13)14;/h2,5-9H2,1,3-4H3;/q-1;+1. The van der Waals surface area contributed by atoms with E-state index in [-0.39, 0.29) is 57.9 Å². The zero-order valence-electron chi connectivity index (χ0n) is 11.3. The van der Waals surface area contributed by atoms with Gasteiger partial charge in [0.2, 0.25) is 0 Å². The van der Waals surface area contributed by atoms with Gasteiger partial charge in [0.15, 0.2) is 0 Å². The Morgan fingerprint density at radius 2 is 1.65 bits per heavy atom. The molecule has 7 heteroatoms. The van der Waals surface area contributed by atoms with Gasteiger partial charge in [-0.15, -0.1) is 12.1 Å². The SMILES string of the molecule is C=C(CN(CCC)CCN(C)C)[B-](F)(F)F.[K+]. The monoisotopic (exact) mass is 276 g/mol. The third kappa shape index (κ3) is 10.7. The summed E-state index contributed by atoms with van der Waals surface area (Å²) in [7, 11) is 3.82. The Balaban J connectivity index is 0. The second-order valence-corrected chi connectivity index (χ2v) is 4.31. The Morgan fingerprint density at radius 3 is 2.00 bits per heavy atom. The maximum absolute atomic E-state index is 12.4. The molecule has 0 amide bonds. The van der Waals surface area contributed by atoms with Gasteiger partial charge in [0.05, 0.1) is 0 Å². The average molecular weight is 276 g/mol. The van der Waals surface area contributed by atoms with Crippen LogP contribution in [0.15, 0.2) is 12.1 Å². The molecule has 0 aromatic rings. The van der Waals surface area contributed by atoms with Gasteiger partial charge in [0.25, 0.3) is 0 Å². The molecule has 0 aromatic carbocycles. The van der Waals surface area contributed by atoms with Gasteiger partial charge in [-0.05, 0) is 33.6 Å². The van der Waals surface area contributed by atoms with Crippen LogP contribution in [0.4, 0.5) is 12.9 Å². The first-order valence-corrected chi connectivity index (χ1v) is 5.52. The van der Waals surface area contributed by atoms with E-state index in [2.05, 4.69) is 6.58 Å². The van der Waals surface area contributed by atoms with Gasteiger partial charge in [0.1, 0.15) is 0 Å². The number of likely N-dealkylation sites (N-methyl/N-ethyl adjacent to an activating group) is 1. The Labute approximate surface area is 145 Å². The molecule has 0 aliphatic heterocycles. The van der Waals surface area contributed by atoms with E-state index >= 15 is 0 Å². The molecule has 17 heavy (non-hydrogen) atoms. The quantitative estimate of drug-likeness (QED) is 0.536. The molecular formula is C10H21BF3KN2. The van der Waals surface area contributed by atoms with Crippen molar-refractivity contribution in [2.45, 2.75) is 13.3 Å². The van der Waals surface area contributed by atoms with E-state index in [1.807, 2.05) is 25.9 Å². The summed E-state index contributed by atoms with van der Waals surface area (Å²) in [6.07, 6.45) is 0.853.